The maximum absolute atomic E-state index is 14.4. The van der Waals surface area contributed by atoms with Crippen LogP contribution in [0.1, 0.15) is 191 Å². The highest BCUT2D eigenvalue weighted by Gasteiger charge is 2.48. The number of rotatable bonds is 22. The number of ketones is 1. The van der Waals surface area contributed by atoms with Gasteiger partial charge < -0.3 is 29.7 Å². The molecule has 352 valence electrons. The van der Waals surface area contributed by atoms with Crippen LogP contribution in [0.4, 0.5) is 0 Å². The number of aromatic amines is 3. The number of hydrogen-bond acceptors (Lipinski definition) is 7. The van der Waals surface area contributed by atoms with Crippen LogP contribution in [0.15, 0.2) is 18.0 Å². The molecule has 0 amide bonds. The molecule has 8 bridgehead atoms. The first kappa shape index (κ1) is 49.3. The molecule has 1 fully saturated rings. The number of Topliss-reactive ketones (excluding diaryl/α,β-unsaturated/α-hetero) is 1. The molecule has 3 aliphatic rings. The summed E-state index contributed by atoms with van der Waals surface area (Å²) in [5.41, 5.74) is 9.50. The van der Waals surface area contributed by atoms with Gasteiger partial charge in [0.25, 0.3) is 0 Å². The Balaban J connectivity index is 1.21. The Bertz CT molecular complexity index is 2440. The van der Waals surface area contributed by atoms with Crippen LogP contribution in [-0.2, 0) is 25.5 Å². The first-order valence-electron chi connectivity index (χ1n) is 24.6. The zero-order valence-electron chi connectivity index (χ0n) is 41.0. The Labute approximate surface area is 387 Å². The molecule has 65 heavy (non-hydrogen) atoms. The van der Waals surface area contributed by atoms with E-state index in [9.17, 15) is 19.2 Å². The summed E-state index contributed by atoms with van der Waals surface area (Å²) in [7, 11) is 1.30. The predicted octanol–water partition coefficient (Wildman–Crippen LogP) is 10.7. The van der Waals surface area contributed by atoms with Crippen molar-refractivity contribution < 1.29 is 28.7 Å². The third-order valence-electron chi connectivity index (χ3n) is 14.8. The highest BCUT2D eigenvalue weighted by Crippen LogP contribution is 2.48. The minimum absolute atomic E-state index is 0.123. The van der Waals surface area contributed by atoms with E-state index in [1.54, 1.807) is 0 Å². The van der Waals surface area contributed by atoms with Gasteiger partial charge in [0, 0.05) is 74.3 Å². The molecule has 6 rings (SSSR count). The lowest BCUT2D eigenvalue weighted by Gasteiger charge is -2.20. The largest absolute Gasteiger partial charge is 0.468 e. The SMILES string of the molecule is C=Cc1c2[nH]c(c1C)/C=C1\N/C(=C3\c4[nH]c(c(C)c4C(=O)C3C(=O)OC)/C=c3\[nH]/c(c(C=O)c3CC)=C\2)C(CCC(=O)OCCC(C)CCCC(C)CCCC(C)CCCC(C)C)C1C. The molecule has 0 spiro atoms. The van der Waals surface area contributed by atoms with Gasteiger partial charge in [-0.1, -0.05) is 119 Å². The van der Waals surface area contributed by atoms with Crippen molar-refractivity contribution in [3.05, 3.63) is 84.8 Å². The molecule has 3 aromatic heterocycles. The lowest BCUT2D eigenvalue weighted by atomic mass is 9.85. The van der Waals surface area contributed by atoms with Crippen molar-refractivity contribution in [1.82, 2.24) is 20.3 Å². The zero-order chi connectivity index (χ0) is 47.1. The molecule has 4 N–H and O–H groups in total. The standard InChI is InChI=1S/C55H76N4O6/c1-12-38-35(8)42-27-43-36(9)40(23-24-48(61)65-26-25-34(7)22-16-21-33(6)20-15-19-32(5)18-14-17-31(3)4)52(58-43)50-51(55(63)64-11)54(62)49-37(10)44(59-53(49)50)28-46-39(13-2)41(30-60)47(57-46)29-45(38)56-42/h12,27-34,36,40,51,56-59H,1,13-26H2,2-11H3/b43-27-,46-28-,47-29-,52-50-. The molecule has 0 radical (unpaired) electrons. The lowest BCUT2D eigenvalue weighted by Crippen LogP contribution is -2.25. The number of nitrogens with one attached hydrogen (secondary N) is 4. The van der Waals surface area contributed by atoms with Gasteiger partial charge in [-0.25, -0.2) is 0 Å². The highest BCUT2D eigenvalue weighted by molar-refractivity contribution is 6.24. The number of H-pyrrole nitrogens is 3. The van der Waals surface area contributed by atoms with Crippen molar-refractivity contribution in [2.75, 3.05) is 13.7 Å². The molecule has 2 aliphatic heterocycles. The topological polar surface area (TPSA) is 146 Å². The number of hydrogen-bond donors (Lipinski definition) is 4. The third kappa shape index (κ3) is 11.0. The molecule has 6 atom stereocenters. The normalized spacial score (nSPS) is 22.0. The average Bonchev–Trinajstić information content (AvgIpc) is 4.02. The van der Waals surface area contributed by atoms with E-state index >= 15 is 0 Å². The first-order valence-corrected chi connectivity index (χ1v) is 24.6. The van der Waals surface area contributed by atoms with Crippen LogP contribution in [-0.4, -0.2) is 52.7 Å². The van der Waals surface area contributed by atoms with Crippen molar-refractivity contribution in [2.45, 2.75) is 146 Å². The molecule has 1 saturated heterocycles. The zero-order valence-corrected chi connectivity index (χ0v) is 41.0. The Morgan fingerprint density at radius 1 is 0.800 bits per heavy atom. The average molecular weight is 889 g/mol. The van der Waals surface area contributed by atoms with Gasteiger partial charge in [-0.3, -0.25) is 19.2 Å². The minimum Gasteiger partial charge on any atom is -0.468 e. The van der Waals surface area contributed by atoms with Crippen LogP contribution < -0.4 is 16.0 Å². The number of fused-ring (bicyclic) bond motifs is 7. The number of carbonyl (C=O) groups excluding carboxylic acids is 4. The predicted molar refractivity (Wildman–Crippen MR) is 262 cm³/mol. The van der Waals surface area contributed by atoms with Gasteiger partial charge in [-0.15, -0.1) is 0 Å². The summed E-state index contributed by atoms with van der Waals surface area (Å²) in [5.74, 6) is 0.0550. The van der Waals surface area contributed by atoms with Gasteiger partial charge in [0.2, 0.25) is 0 Å². The molecule has 10 nitrogen and oxygen atoms in total. The Morgan fingerprint density at radius 2 is 1.42 bits per heavy atom. The number of carbonyl (C=O) groups is 4. The summed E-state index contributed by atoms with van der Waals surface area (Å²) in [4.78, 5) is 64.7. The fourth-order valence-electron chi connectivity index (χ4n) is 10.6. The second-order valence-corrected chi connectivity index (χ2v) is 20.0. The molecule has 5 heterocycles. The van der Waals surface area contributed by atoms with E-state index in [2.05, 4.69) is 74.5 Å². The van der Waals surface area contributed by atoms with Crippen LogP contribution >= 0.6 is 0 Å². The van der Waals surface area contributed by atoms with E-state index in [4.69, 9.17) is 9.47 Å². The molecule has 1 aliphatic carbocycles. The van der Waals surface area contributed by atoms with Gasteiger partial charge >= 0.3 is 11.9 Å². The number of aldehydes is 1. The van der Waals surface area contributed by atoms with E-state index in [1.165, 1.54) is 58.5 Å². The highest BCUT2D eigenvalue weighted by atomic mass is 16.5. The first-order chi connectivity index (χ1) is 31.1. The van der Waals surface area contributed by atoms with Gasteiger partial charge in [0.1, 0.15) is 5.92 Å². The fraction of sp³-hybridized carbons (Fsp3) is 0.564. The Morgan fingerprint density at radius 3 is 2.02 bits per heavy atom. The molecule has 0 aromatic carbocycles. The molecule has 6 unspecified atom stereocenters. The fourth-order valence-corrected chi connectivity index (χ4v) is 10.6. The summed E-state index contributed by atoms with van der Waals surface area (Å²) in [6.45, 7) is 24.2. The van der Waals surface area contributed by atoms with Crippen LogP contribution in [0.2, 0.25) is 0 Å². The van der Waals surface area contributed by atoms with Gasteiger partial charge in [-0.05, 0) is 91.7 Å². The second-order valence-electron chi connectivity index (χ2n) is 20.0. The summed E-state index contributed by atoms with van der Waals surface area (Å²) >= 11 is 0. The van der Waals surface area contributed by atoms with E-state index in [1.807, 2.05) is 39.0 Å². The number of methoxy groups -OCH3 is 1. The maximum Gasteiger partial charge on any atom is 0.321 e. The molecule has 0 saturated carbocycles. The number of aromatic nitrogens is 3. The van der Waals surface area contributed by atoms with Gasteiger partial charge in [0.05, 0.1) is 24.8 Å². The third-order valence-corrected chi connectivity index (χ3v) is 14.8. The van der Waals surface area contributed by atoms with Crippen LogP contribution in [0.5, 0.6) is 0 Å². The number of ether oxygens (including phenoxy) is 2. The van der Waals surface area contributed by atoms with Gasteiger partial charge in [0.15, 0.2) is 12.1 Å². The van der Waals surface area contributed by atoms with E-state index in [0.717, 1.165) is 81.7 Å². The Kier molecular flexibility index (Phi) is 16.6. The van der Waals surface area contributed by atoms with Crippen molar-refractivity contribution in [2.24, 2.45) is 41.4 Å². The van der Waals surface area contributed by atoms with Crippen molar-refractivity contribution in [3.8, 4) is 0 Å². The van der Waals surface area contributed by atoms with Crippen LogP contribution in [0, 0.1) is 55.3 Å². The van der Waals surface area contributed by atoms with Crippen molar-refractivity contribution in [3.63, 3.8) is 0 Å². The number of esters is 2. The Hall–Kier alpha value is -5.12. The maximum atomic E-state index is 14.4. The lowest BCUT2D eigenvalue weighted by molar-refractivity contribution is -0.144. The van der Waals surface area contributed by atoms with Crippen LogP contribution in [0.25, 0.3) is 29.9 Å². The number of allylic oxidation sites excluding steroid dienone is 2. The summed E-state index contributed by atoms with van der Waals surface area (Å²) in [5, 5.41) is 5.10. The summed E-state index contributed by atoms with van der Waals surface area (Å²) < 4.78 is 11.2. The van der Waals surface area contributed by atoms with E-state index < -0.39 is 11.9 Å². The molecular weight excluding hydrogens is 813 g/mol. The van der Waals surface area contributed by atoms with Gasteiger partial charge in [-0.2, -0.15) is 0 Å². The minimum atomic E-state index is -1.18. The second kappa shape index (κ2) is 21.9. The smallest absolute Gasteiger partial charge is 0.321 e. The summed E-state index contributed by atoms with van der Waals surface area (Å²) in [6.07, 6.45) is 22.3. The van der Waals surface area contributed by atoms with Crippen molar-refractivity contribution >= 4 is 53.9 Å². The summed E-state index contributed by atoms with van der Waals surface area (Å²) in [6, 6.07) is 0. The van der Waals surface area contributed by atoms with E-state index in [0.29, 0.717) is 64.4 Å². The monoisotopic (exact) mass is 889 g/mol. The molecule has 10 heteroatoms. The molecule has 3 aromatic rings. The van der Waals surface area contributed by atoms with Crippen LogP contribution in [0.3, 0.4) is 0 Å². The molecular formula is C55H76N4O6. The van der Waals surface area contributed by atoms with E-state index in [-0.39, 0.29) is 30.0 Å². The van der Waals surface area contributed by atoms with Crippen molar-refractivity contribution in [1.29, 1.82) is 0 Å². The quantitative estimate of drug-likeness (QED) is 0.0446.